The number of halogens is 1. The minimum atomic E-state index is -0.456. The number of primary amides is 1. The Morgan fingerprint density at radius 3 is 2.20 bits per heavy atom. The molecule has 1 amide bonds. The van der Waals surface area contributed by atoms with E-state index in [0.717, 1.165) is 69.8 Å². The third-order valence-corrected chi connectivity index (χ3v) is 9.12. The zero-order valence-corrected chi connectivity index (χ0v) is 25.4. The number of Topliss-reactive ketones (excluding diaryl/α,β-unsaturated/α-hetero) is 1. The van der Waals surface area contributed by atoms with Gasteiger partial charge in [0.15, 0.2) is 5.78 Å². The number of para-hydroxylation sites is 1. The monoisotopic (exact) mass is 592 g/mol. The second kappa shape index (κ2) is 15.7. The van der Waals surface area contributed by atoms with Crippen LogP contribution < -0.4 is 10.6 Å². The van der Waals surface area contributed by atoms with Crippen molar-refractivity contribution in [3.05, 3.63) is 48.0 Å². The molecule has 2 aromatic carbocycles. The van der Waals surface area contributed by atoms with Crippen LogP contribution in [0.2, 0.25) is 0 Å². The van der Waals surface area contributed by atoms with Crippen LogP contribution in [0.25, 0.3) is 0 Å². The Balaban J connectivity index is 0.00000107. The highest BCUT2D eigenvalue weighted by Gasteiger charge is 2.44. The third kappa shape index (κ3) is 7.57. The summed E-state index contributed by atoms with van der Waals surface area (Å²) in [4.78, 5) is 34.3. The molecule has 0 unspecified atom stereocenters. The number of likely N-dealkylation sites (tertiary alicyclic amines) is 2. The van der Waals surface area contributed by atoms with E-state index in [9.17, 15) is 9.59 Å². The summed E-state index contributed by atoms with van der Waals surface area (Å²) < 4.78 is 0. The molecule has 3 heterocycles. The normalized spacial score (nSPS) is 18.1. The summed E-state index contributed by atoms with van der Waals surface area (Å²) in [5.74, 6) is -0.0454. The third-order valence-electron chi connectivity index (χ3n) is 7.99. The number of benzene rings is 2. The van der Waals surface area contributed by atoms with Gasteiger partial charge in [0, 0.05) is 41.6 Å². The first-order chi connectivity index (χ1) is 18.4. The van der Waals surface area contributed by atoms with Gasteiger partial charge in [-0.25, -0.2) is 0 Å². The first kappa shape index (κ1) is 34.1. The van der Waals surface area contributed by atoms with E-state index in [2.05, 4.69) is 45.0 Å². The van der Waals surface area contributed by atoms with Crippen LogP contribution in [0, 0.1) is 0 Å². The van der Waals surface area contributed by atoms with Crippen molar-refractivity contribution in [3.8, 4) is 0 Å². The average Bonchev–Trinajstić information content (AvgIpc) is 2.93. The summed E-state index contributed by atoms with van der Waals surface area (Å²) >= 11 is 1.77. The van der Waals surface area contributed by atoms with E-state index in [0.29, 0.717) is 0 Å². The van der Waals surface area contributed by atoms with Crippen LogP contribution in [0.15, 0.2) is 52.3 Å². The van der Waals surface area contributed by atoms with E-state index in [-0.39, 0.29) is 36.2 Å². The molecule has 2 fully saturated rings. The van der Waals surface area contributed by atoms with E-state index in [1.807, 2.05) is 12.1 Å². The number of amides is 1. The van der Waals surface area contributed by atoms with Crippen LogP contribution in [-0.2, 0) is 4.79 Å². The standard InChI is InChI=1S/C28H36N4O2S.C2H6O.ClH.H2O/c1-21(33)22-10-11-26-24(20-22)32(23-8-3-4-9-25(23)35-26)17-7-14-30-18-12-28(13-19-30,27(29)34)31-15-5-2-6-16-31;1-2-3;;/h3-4,8-11,20H,2,5-7,12-19H2,1H3,(H2,29,34);3H,2H2,1H3;1H;1H2. The van der Waals surface area contributed by atoms with Crippen LogP contribution in [0.3, 0.4) is 0 Å². The Hall–Kier alpha value is -2.14. The first-order valence-electron chi connectivity index (χ1n) is 14.0. The summed E-state index contributed by atoms with van der Waals surface area (Å²) in [5.41, 5.74) is 8.60. The van der Waals surface area contributed by atoms with E-state index in [1.165, 1.54) is 34.7 Å². The van der Waals surface area contributed by atoms with Crippen molar-refractivity contribution in [1.29, 1.82) is 0 Å². The van der Waals surface area contributed by atoms with E-state index >= 15 is 0 Å². The number of carbonyl (C=O) groups excluding carboxylic acids is 2. The molecule has 40 heavy (non-hydrogen) atoms. The van der Waals surface area contributed by atoms with E-state index in [1.54, 1.807) is 25.6 Å². The molecule has 0 bridgehead atoms. The lowest BCUT2D eigenvalue weighted by Crippen LogP contribution is -2.63. The Morgan fingerprint density at radius 1 is 0.950 bits per heavy atom. The zero-order chi connectivity index (χ0) is 27.1. The highest BCUT2D eigenvalue weighted by Crippen LogP contribution is 2.48. The smallest absolute Gasteiger partial charge is 0.238 e. The number of nitrogens with zero attached hydrogens (tertiary/aromatic N) is 3. The highest BCUT2D eigenvalue weighted by molar-refractivity contribution is 7.99. The molecule has 0 saturated carbocycles. The van der Waals surface area contributed by atoms with Gasteiger partial charge in [0.2, 0.25) is 5.91 Å². The van der Waals surface area contributed by atoms with Crippen LogP contribution in [-0.4, -0.2) is 83.5 Å². The van der Waals surface area contributed by atoms with Gasteiger partial charge in [-0.1, -0.05) is 36.4 Å². The fraction of sp³-hybridized carbons (Fsp3) is 0.533. The molecule has 0 aromatic heterocycles. The Morgan fingerprint density at radius 2 is 1.57 bits per heavy atom. The minimum absolute atomic E-state index is 0. The number of ketones is 1. The molecular formula is C30H45ClN4O4S. The van der Waals surface area contributed by atoms with Gasteiger partial charge in [-0.2, -0.15) is 0 Å². The summed E-state index contributed by atoms with van der Waals surface area (Å²) in [6.45, 7) is 9.25. The number of hydrogen-bond donors (Lipinski definition) is 2. The number of hydrogen-bond acceptors (Lipinski definition) is 7. The maximum atomic E-state index is 12.5. The van der Waals surface area contributed by atoms with Gasteiger partial charge in [0.25, 0.3) is 0 Å². The molecule has 2 aromatic rings. The van der Waals surface area contributed by atoms with Gasteiger partial charge in [0.05, 0.1) is 11.4 Å². The largest absolute Gasteiger partial charge is 0.412 e. The van der Waals surface area contributed by atoms with Gasteiger partial charge >= 0.3 is 0 Å². The second-order valence-corrected chi connectivity index (χ2v) is 11.5. The van der Waals surface area contributed by atoms with Crippen LogP contribution in [0.1, 0.15) is 62.7 Å². The lowest BCUT2D eigenvalue weighted by molar-refractivity contribution is -0.134. The summed E-state index contributed by atoms with van der Waals surface area (Å²) in [6.07, 6.45) is 6.26. The van der Waals surface area contributed by atoms with Crippen LogP contribution in [0.4, 0.5) is 11.4 Å². The van der Waals surface area contributed by atoms with Crippen molar-refractivity contribution in [2.24, 2.45) is 5.73 Å². The number of aliphatic hydroxyl groups is 1. The predicted octanol–water partition coefficient (Wildman–Crippen LogP) is 4.28. The molecule has 5 N–H and O–H groups in total. The van der Waals surface area contributed by atoms with E-state index in [4.69, 9.17) is 10.8 Å². The molecule has 10 heteroatoms. The first-order valence-corrected chi connectivity index (χ1v) is 14.8. The van der Waals surface area contributed by atoms with Crippen molar-refractivity contribution in [2.45, 2.75) is 67.7 Å². The van der Waals surface area contributed by atoms with Crippen LogP contribution >= 0.6 is 24.2 Å². The molecule has 0 atom stereocenters. The van der Waals surface area contributed by atoms with Crippen molar-refractivity contribution in [3.63, 3.8) is 0 Å². The SMILES string of the molecule is CC(=O)c1ccc2c(c1)N(CCCN1CCC(C(N)=O)(N3CCCCC3)CC1)c1ccccc1S2.CCO.Cl.O. The fourth-order valence-electron chi connectivity index (χ4n) is 5.93. The number of rotatable bonds is 7. The summed E-state index contributed by atoms with van der Waals surface area (Å²) in [5, 5.41) is 7.57. The van der Waals surface area contributed by atoms with Gasteiger partial charge < -0.3 is 26.1 Å². The quantitative estimate of drug-likeness (QED) is 0.460. The zero-order valence-electron chi connectivity index (χ0n) is 23.7. The summed E-state index contributed by atoms with van der Waals surface area (Å²) in [6, 6.07) is 14.6. The average molecular weight is 593 g/mol. The molecular weight excluding hydrogens is 548 g/mol. The minimum Gasteiger partial charge on any atom is -0.412 e. The molecule has 5 rings (SSSR count). The lowest BCUT2D eigenvalue weighted by Gasteiger charge is -2.48. The van der Waals surface area contributed by atoms with Gasteiger partial charge in [0.1, 0.15) is 5.54 Å². The predicted molar refractivity (Wildman–Crippen MR) is 165 cm³/mol. The van der Waals surface area contributed by atoms with Gasteiger partial charge in [-0.15, -0.1) is 12.4 Å². The Kier molecular flexibility index (Phi) is 13.4. The number of anilines is 2. The molecule has 3 aliphatic heterocycles. The maximum absolute atomic E-state index is 12.5. The number of carbonyl (C=O) groups is 2. The number of piperidine rings is 2. The van der Waals surface area contributed by atoms with Crippen molar-refractivity contribution in [2.75, 3.05) is 50.8 Å². The molecule has 0 radical (unpaired) electrons. The molecule has 3 aliphatic rings. The molecule has 0 aliphatic carbocycles. The summed E-state index contributed by atoms with van der Waals surface area (Å²) in [7, 11) is 0. The van der Waals surface area contributed by atoms with Gasteiger partial charge in [-0.3, -0.25) is 14.5 Å². The second-order valence-electron chi connectivity index (χ2n) is 10.4. The topological polar surface area (TPSA) is 122 Å². The Bertz CT molecular complexity index is 1120. The van der Waals surface area contributed by atoms with Crippen molar-refractivity contribution < 1.29 is 20.2 Å². The fourth-order valence-corrected chi connectivity index (χ4v) is 7.00. The van der Waals surface area contributed by atoms with Gasteiger partial charge in [-0.05, 0) is 89.9 Å². The maximum Gasteiger partial charge on any atom is 0.238 e. The number of fused-ring (bicyclic) bond motifs is 2. The molecule has 2 saturated heterocycles. The van der Waals surface area contributed by atoms with Crippen LogP contribution in [0.5, 0.6) is 0 Å². The number of aliphatic hydroxyl groups excluding tert-OH is 1. The van der Waals surface area contributed by atoms with Crippen molar-refractivity contribution in [1.82, 2.24) is 9.80 Å². The highest BCUT2D eigenvalue weighted by atomic mass is 35.5. The molecule has 222 valence electrons. The van der Waals surface area contributed by atoms with Crippen molar-refractivity contribution >= 4 is 47.2 Å². The Labute approximate surface area is 249 Å². The lowest BCUT2D eigenvalue weighted by atomic mass is 9.83. The molecule has 0 spiro atoms. The van der Waals surface area contributed by atoms with E-state index < -0.39 is 5.54 Å². The number of nitrogens with two attached hydrogens (primary N) is 1. The molecule has 8 nitrogen and oxygen atoms in total.